The van der Waals surface area contributed by atoms with Crippen molar-refractivity contribution in [1.82, 2.24) is 15.1 Å². The number of rotatable bonds is 2. The van der Waals surface area contributed by atoms with E-state index >= 15 is 0 Å². The minimum atomic E-state index is 0.338. The topological polar surface area (TPSA) is 41.1 Å². The second kappa shape index (κ2) is 3.80. The third kappa shape index (κ3) is 1.56. The predicted molar refractivity (Wildman–Crippen MR) is 69.3 cm³/mol. The number of fused-ring (bicyclic) bond motifs is 1. The van der Waals surface area contributed by atoms with Crippen LogP contribution in [0.4, 0.5) is 0 Å². The number of aromatic nitrogens is 2. The molecule has 18 heavy (non-hydrogen) atoms. The number of benzene rings is 1. The Morgan fingerprint density at radius 1 is 1.33 bits per heavy atom. The molecule has 0 atom stereocenters. The molecule has 1 aliphatic carbocycles. The van der Waals surface area contributed by atoms with Crippen molar-refractivity contribution in [2.45, 2.75) is 24.9 Å². The van der Waals surface area contributed by atoms with Gasteiger partial charge >= 0.3 is 0 Å². The maximum Gasteiger partial charge on any atom is 0.0924 e. The molecule has 2 fully saturated rings. The molecule has 4 nitrogen and oxygen atoms in total. The molecule has 4 rings (SSSR count). The maximum absolute atomic E-state index is 5.62. The summed E-state index contributed by atoms with van der Waals surface area (Å²) >= 11 is 0. The van der Waals surface area contributed by atoms with Gasteiger partial charge in [-0.1, -0.05) is 18.2 Å². The van der Waals surface area contributed by atoms with E-state index in [1.807, 2.05) is 6.07 Å². The summed E-state index contributed by atoms with van der Waals surface area (Å²) in [5.41, 5.74) is 2.63. The van der Waals surface area contributed by atoms with Gasteiger partial charge in [0.05, 0.1) is 24.4 Å². The second-order valence-corrected chi connectivity index (χ2v) is 5.42. The number of H-pyrrole nitrogens is 1. The SMILES string of the molecule is c1ccc2c(CN3CCOCC34CC4)[nH]nc2c1. The van der Waals surface area contributed by atoms with E-state index in [1.165, 1.54) is 23.9 Å². The summed E-state index contributed by atoms with van der Waals surface area (Å²) in [6, 6.07) is 8.31. The number of ether oxygens (including phenoxy) is 1. The molecule has 0 unspecified atom stereocenters. The van der Waals surface area contributed by atoms with E-state index in [2.05, 4.69) is 33.3 Å². The zero-order chi connectivity index (χ0) is 12.0. The van der Waals surface area contributed by atoms with Crippen molar-refractivity contribution in [2.75, 3.05) is 19.8 Å². The van der Waals surface area contributed by atoms with Crippen LogP contribution in [0.25, 0.3) is 10.9 Å². The zero-order valence-electron chi connectivity index (χ0n) is 10.4. The first kappa shape index (κ1) is 10.5. The monoisotopic (exact) mass is 243 g/mol. The molecule has 2 aromatic rings. The van der Waals surface area contributed by atoms with E-state index < -0.39 is 0 Å². The van der Waals surface area contributed by atoms with Gasteiger partial charge in [0.25, 0.3) is 0 Å². The molecule has 0 amide bonds. The van der Waals surface area contributed by atoms with Crippen LogP contribution in [0.1, 0.15) is 18.5 Å². The molecule has 1 aromatic heterocycles. The molecule has 1 saturated carbocycles. The molecule has 1 saturated heterocycles. The van der Waals surface area contributed by atoms with Gasteiger partial charge in [-0.2, -0.15) is 5.10 Å². The largest absolute Gasteiger partial charge is 0.378 e. The Morgan fingerprint density at radius 2 is 2.22 bits per heavy atom. The summed E-state index contributed by atoms with van der Waals surface area (Å²) in [6.45, 7) is 3.75. The molecule has 4 heteroatoms. The number of hydrogen-bond donors (Lipinski definition) is 1. The van der Waals surface area contributed by atoms with E-state index in [9.17, 15) is 0 Å². The quantitative estimate of drug-likeness (QED) is 0.876. The van der Waals surface area contributed by atoms with Crippen molar-refractivity contribution in [3.05, 3.63) is 30.0 Å². The molecule has 1 spiro atoms. The van der Waals surface area contributed by atoms with Gasteiger partial charge in [-0.25, -0.2) is 0 Å². The first-order valence-corrected chi connectivity index (χ1v) is 6.62. The Labute approximate surface area is 106 Å². The first-order valence-electron chi connectivity index (χ1n) is 6.62. The predicted octanol–water partition coefficient (Wildman–Crippen LogP) is 1.93. The number of morpholine rings is 1. The number of para-hydroxylation sites is 1. The summed E-state index contributed by atoms with van der Waals surface area (Å²) in [4.78, 5) is 2.57. The van der Waals surface area contributed by atoms with Crippen molar-refractivity contribution >= 4 is 10.9 Å². The fourth-order valence-electron chi connectivity index (χ4n) is 2.94. The van der Waals surface area contributed by atoms with Crippen molar-refractivity contribution in [3.8, 4) is 0 Å². The normalized spacial score (nSPS) is 22.7. The molecular weight excluding hydrogens is 226 g/mol. The van der Waals surface area contributed by atoms with Crippen LogP contribution < -0.4 is 0 Å². The summed E-state index contributed by atoms with van der Waals surface area (Å²) in [5, 5.41) is 8.81. The lowest BCUT2D eigenvalue weighted by Gasteiger charge is -2.35. The highest BCUT2D eigenvalue weighted by atomic mass is 16.5. The van der Waals surface area contributed by atoms with E-state index in [1.54, 1.807) is 0 Å². The lowest BCUT2D eigenvalue weighted by molar-refractivity contribution is -0.0248. The van der Waals surface area contributed by atoms with Gasteiger partial charge in [0.2, 0.25) is 0 Å². The molecule has 2 aliphatic rings. The Morgan fingerprint density at radius 3 is 3.11 bits per heavy atom. The van der Waals surface area contributed by atoms with Crippen LogP contribution in [0.2, 0.25) is 0 Å². The molecule has 1 aliphatic heterocycles. The van der Waals surface area contributed by atoms with Crippen LogP contribution >= 0.6 is 0 Å². The molecular formula is C14H17N3O. The number of nitrogens with one attached hydrogen (secondary N) is 1. The Balaban J connectivity index is 1.64. The molecule has 0 radical (unpaired) electrons. The first-order chi connectivity index (χ1) is 8.87. The van der Waals surface area contributed by atoms with Crippen LogP contribution in [0, 0.1) is 0 Å². The van der Waals surface area contributed by atoms with Crippen LogP contribution in [0.3, 0.4) is 0 Å². The fourth-order valence-corrected chi connectivity index (χ4v) is 2.94. The Kier molecular flexibility index (Phi) is 2.22. The number of nitrogens with zero attached hydrogens (tertiary/aromatic N) is 2. The maximum atomic E-state index is 5.62. The van der Waals surface area contributed by atoms with Gasteiger partial charge in [0.1, 0.15) is 0 Å². The van der Waals surface area contributed by atoms with Crippen molar-refractivity contribution in [2.24, 2.45) is 0 Å². The number of hydrogen-bond acceptors (Lipinski definition) is 3. The lowest BCUT2D eigenvalue weighted by Crippen LogP contribution is -2.46. The van der Waals surface area contributed by atoms with E-state index in [0.29, 0.717) is 5.54 Å². The highest BCUT2D eigenvalue weighted by Crippen LogP contribution is 2.44. The minimum Gasteiger partial charge on any atom is -0.378 e. The summed E-state index contributed by atoms with van der Waals surface area (Å²) in [7, 11) is 0. The highest BCUT2D eigenvalue weighted by molar-refractivity contribution is 5.81. The standard InChI is InChI=1S/C14H17N3O/c1-2-4-12-11(3-1)13(16-15-12)9-17-7-8-18-10-14(17)5-6-14/h1-4H,5-10H2,(H,15,16). The zero-order valence-corrected chi connectivity index (χ0v) is 10.4. The van der Waals surface area contributed by atoms with Gasteiger partial charge in [0, 0.05) is 24.0 Å². The van der Waals surface area contributed by atoms with Gasteiger partial charge < -0.3 is 4.74 Å². The van der Waals surface area contributed by atoms with Gasteiger partial charge in [-0.15, -0.1) is 0 Å². The smallest absolute Gasteiger partial charge is 0.0924 e. The highest BCUT2D eigenvalue weighted by Gasteiger charge is 2.49. The third-order valence-electron chi connectivity index (χ3n) is 4.26. The van der Waals surface area contributed by atoms with Crippen LogP contribution in [-0.4, -0.2) is 40.4 Å². The molecule has 2 heterocycles. The third-order valence-corrected chi connectivity index (χ3v) is 4.26. The van der Waals surface area contributed by atoms with Crippen molar-refractivity contribution < 1.29 is 4.74 Å². The van der Waals surface area contributed by atoms with E-state index in [0.717, 1.165) is 31.8 Å². The molecule has 1 aromatic carbocycles. The summed E-state index contributed by atoms with van der Waals surface area (Å²) in [6.07, 6.45) is 2.55. The van der Waals surface area contributed by atoms with Crippen LogP contribution in [0.5, 0.6) is 0 Å². The molecule has 94 valence electrons. The molecule has 0 bridgehead atoms. The molecule has 1 N–H and O–H groups in total. The Bertz CT molecular complexity index is 573. The minimum absolute atomic E-state index is 0.338. The van der Waals surface area contributed by atoms with E-state index in [4.69, 9.17) is 4.74 Å². The number of aromatic amines is 1. The fraction of sp³-hybridized carbons (Fsp3) is 0.500. The lowest BCUT2D eigenvalue weighted by atomic mass is 10.1. The van der Waals surface area contributed by atoms with Crippen LogP contribution in [0.15, 0.2) is 24.3 Å². The summed E-state index contributed by atoms with van der Waals surface area (Å²) in [5.74, 6) is 0. The van der Waals surface area contributed by atoms with Gasteiger partial charge in [0.15, 0.2) is 0 Å². The Hall–Kier alpha value is -1.39. The van der Waals surface area contributed by atoms with Crippen molar-refractivity contribution in [3.63, 3.8) is 0 Å². The second-order valence-electron chi connectivity index (χ2n) is 5.42. The average molecular weight is 243 g/mol. The van der Waals surface area contributed by atoms with Crippen LogP contribution in [-0.2, 0) is 11.3 Å². The average Bonchev–Trinajstić information content (AvgIpc) is 3.06. The van der Waals surface area contributed by atoms with Gasteiger partial charge in [-0.3, -0.25) is 10.00 Å². The summed E-state index contributed by atoms with van der Waals surface area (Å²) < 4.78 is 5.62. The van der Waals surface area contributed by atoms with Gasteiger partial charge in [-0.05, 0) is 18.9 Å². The van der Waals surface area contributed by atoms with E-state index in [-0.39, 0.29) is 0 Å². The van der Waals surface area contributed by atoms with Crippen molar-refractivity contribution in [1.29, 1.82) is 0 Å².